The van der Waals surface area contributed by atoms with E-state index in [-0.39, 0.29) is 5.91 Å². The standard InChI is InChI=1S/C25H18N2O4/c1-16(28)27-20-15-9-8-14-19(20)24(23(27)29)22-25(31-24,18-12-6-3-7-13-18)30-21(26-22)17-10-4-2-5-11-17/h2-15,22H,1H3/t22-,24+,25+/m1/s1. The summed E-state index contributed by atoms with van der Waals surface area (Å²) in [6.07, 6.45) is 0. The second-order valence-electron chi connectivity index (χ2n) is 7.85. The molecule has 3 heterocycles. The number of nitrogens with zero attached hydrogens (tertiary/aromatic N) is 2. The largest absolute Gasteiger partial charge is 0.438 e. The molecule has 31 heavy (non-hydrogen) atoms. The van der Waals surface area contributed by atoms with E-state index < -0.39 is 23.3 Å². The number of carbonyl (C=O) groups is 2. The zero-order valence-corrected chi connectivity index (χ0v) is 16.7. The van der Waals surface area contributed by atoms with Crippen molar-refractivity contribution in [3.8, 4) is 0 Å². The molecule has 0 unspecified atom stereocenters. The van der Waals surface area contributed by atoms with E-state index >= 15 is 0 Å². The van der Waals surface area contributed by atoms with E-state index in [1.165, 1.54) is 11.8 Å². The van der Waals surface area contributed by atoms with Crippen LogP contribution in [0.15, 0.2) is 89.9 Å². The molecular formula is C25H18N2O4. The molecule has 6 rings (SSSR count). The Morgan fingerprint density at radius 2 is 1.58 bits per heavy atom. The maximum Gasteiger partial charge on any atom is 0.273 e. The molecule has 3 aliphatic rings. The van der Waals surface area contributed by atoms with E-state index in [1.807, 2.05) is 72.8 Å². The van der Waals surface area contributed by atoms with Gasteiger partial charge in [0.2, 0.25) is 17.4 Å². The highest BCUT2D eigenvalue weighted by Crippen LogP contribution is 2.63. The van der Waals surface area contributed by atoms with Gasteiger partial charge < -0.3 is 9.47 Å². The van der Waals surface area contributed by atoms with E-state index in [0.717, 1.165) is 11.1 Å². The summed E-state index contributed by atoms with van der Waals surface area (Å²) in [5, 5.41) is 0. The second-order valence-corrected chi connectivity index (χ2v) is 7.85. The number of hydrogen-bond donors (Lipinski definition) is 0. The Labute approximate surface area is 178 Å². The van der Waals surface area contributed by atoms with Gasteiger partial charge in [-0.2, -0.15) is 0 Å². The maximum absolute atomic E-state index is 13.6. The summed E-state index contributed by atoms with van der Waals surface area (Å²) in [7, 11) is 0. The minimum absolute atomic E-state index is 0.360. The monoisotopic (exact) mass is 410 g/mol. The molecule has 3 atom stereocenters. The fourth-order valence-electron chi connectivity index (χ4n) is 4.81. The van der Waals surface area contributed by atoms with Crippen LogP contribution in [0.4, 0.5) is 5.69 Å². The van der Waals surface area contributed by atoms with E-state index in [2.05, 4.69) is 0 Å². The van der Waals surface area contributed by atoms with Gasteiger partial charge >= 0.3 is 0 Å². The number of ether oxygens (including phenoxy) is 2. The molecule has 0 saturated carbocycles. The molecule has 3 aliphatic heterocycles. The Morgan fingerprint density at radius 3 is 2.29 bits per heavy atom. The van der Waals surface area contributed by atoms with Crippen molar-refractivity contribution in [2.24, 2.45) is 4.99 Å². The van der Waals surface area contributed by atoms with Gasteiger partial charge in [0.15, 0.2) is 6.04 Å². The van der Waals surface area contributed by atoms with Crippen LogP contribution in [0.5, 0.6) is 0 Å². The van der Waals surface area contributed by atoms with Crippen molar-refractivity contribution in [1.29, 1.82) is 0 Å². The van der Waals surface area contributed by atoms with E-state index in [0.29, 0.717) is 17.1 Å². The summed E-state index contributed by atoms with van der Waals surface area (Å²) in [5.41, 5.74) is 1.33. The quantitative estimate of drug-likeness (QED) is 0.649. The fraction of sp³-hybridized carbons (Fsp3) is 0.160. The third kappa shape index (κ3) is 2.17. The van der Waals surface area contributed by atoms with E-state index in [1.54, 1.807) is 12.1 Å². The molecule has 152 valence electrons. The van der Waals surface area contributed by atoms with Crippen LogP contribution >= 0.6 is 0 Å². The molecule has 0 radical (unpaired) electrons. The van der Waals surface area contributed by atoms with Gasteiger partial charge in [-0.15, -0.1) is 0 Å². The molecule has 1 fully saturated rings. The van der Waals surface area contributed by atoms with Crippen LogP contribution in [0.3, 0.4) is 0 Å². The van der Waals surface area contributed by atoms with Gasteiger partial charge in [0, 0.05) is 23.6 Å². The predicted molar refractivity (Wildman–Crippen MR) is 113 cm³/mol. The summed E-state index contributed by atoms with van der Waals surface area (Å²) in [5.74, 6) is -1.61. The van der Waals surface area contributed by atoms with Gasteiger partial charge in [-0.3, -0.25) is 9.59 Å². The molecule has 0 bridgehead atoms. The number of benzene rings is 3. The molecule has 1 saturated heterocycles. The number of fused-ring (bicyclic) bond motifs is 4. The SMILES string of the molecule is CC(=O)N1C(=O)[C@]2(O[C@]3(c4ccccc4)OC(c4ccccc4)=N[C@@H]32)c2ccccc21. The fourth-order valence-corrected chi connectivity index (χ4v) is 4.81. The van der Waals surface area contributed by atoms with Crippen molar-refractivity contribution >= 4 is 23.4 Å². The zero-order valence-electron chi connectivity index (χ0n) is 16.7. The Bertz CT molecular complexity index is 1260. The number of rotatable bonds is 2. The van der Waals surface area contributed by atoms with Crippen molar-refractivity contribution in [2.45, 2.75) is 24.4 Å². The van der Waals surface area contributed by atoms with Crippen LogP contribution in [0.25, 0.3) is 0 Å². The highest BCUT2D eigenvalue weighted by molar-refractivity contribution is 6.22. The summed E-state index contributed by atoms with van der Waals surface area (Å²) in [6, 6.07) is 25.6. The average Bonchev–Trinajstić information content (AvgIpc) is 3.25. The summed E-state index contributed by atoms with van der Waals surface area (Å²) in [4.78, 5) is 32.0. The Kier molecular flexibility index (Phi) is 3.56. The van der Waals surface area contributed by atoms with Gasteiger partial charge in [0.1, 0.15) is 0 Å². The third-order valence-corrected chi connectivity index (χ3v) is 6.13. The number of hydrogen-bond acceptors (Lipinski definition) is 5. The number of carbonyl (C=O) groups excluding carboxylic acids is 2. The first kappa shape index (κ1) is 18.0. The van der Waals surface area contributed by atoms with Gasteiger partial charge in [-0.25, -0.2) is 9.89 Å². The van der Waals surface area contributed by atoms with Crippen LogP contribution in [0.2, 0.25) is 0 Å². The van der Waals surface area contributed by atoms with Crippen molar-refractivity contribution in [1.82, 2.24) is 0 Å². The lowest BCUT2D eigenvalue weighted by Crippen LogP contribution is -2.70. The summed E-state index contributed by atoms with van der Waals surface area (Å²) < 4.78 is 12.8. The number of para-hydroxylation sites is 1. The number of aliphatic imine (C=N–C) groups is 1. The first-order valence-electron chi connectivity index (χ1n) is 10.1. The molecule has 3 aromatic rings. The average molecular weight is 410 g/mol. The number of imide groups is 1. The molecule has 0 N–H and O–H groups in total. The third-order valence-electron chi connectivity index (χ3n) is 6.13. The second kappa shape index (κ2) is 6.12. The van der Waals surface area contributed by atoms with Crippen molar-refractivity contribution < 1.29 is 19.1 Å². The maximum atomic E-state index is 13.6. The Balaban J connectivity index is 1.55. The van der Waals surface area contributed by atoms with Gasteiger partial charge in [0.05, 0.1) is 5.69 Å². The lowest BCUT2D eigenvalue weighted by molar-refractivity contribution is -0.361. The van der Waals surface area contributed by atoms with Crippen molar-refractivity contribution in [3.63, 3.8) is 0 Å². The molecule has 3 aromatic carbocycles. The van der Waals surface area contributed by atoms with E-state index in [4.69, 9.17) is 14.5 Å². The van der Waals surface area contributed by atoms with Gasteiger partial charge in [-0.05, 0) is 18.2 Å². The summed E-state index contributed by atoms with van der Waals surface area (Å²) in [6.45, 7) is 1.38. The Morgan fingerprint density at radius 1 is 0.935 bits per heavy atom. The molecule has 0 aromatic heterocycles. The van der Waals surface area contributed by atoms with Crippen molar-refractivity contribution in [2.75, 3.05) is 4.90 Å². The lowest BCUT2D eigenvalue weighted by Gasteiger charge is -2.53. The normalized spacial score (nSPS) is 27.9. The van der Waals surface area contributed by atoms with Gasteiger partial charge in [0.25, 0.3) is 11.7 Å². The number of amides is 2. The minimum atomic E-state index is -1.41. The van der Waals surface area contributed by atoms with Gasteiger partial charge in [-0.1, -0.05) is 66.7 Å². The first-order chi connectivity index (χ1) is 15.1. The zero-order chi connectivity index (χ0) is 21.2. The smallest absolute Gasteiger partial charge is 0.273 e. The van der Waals surface area contributed by atoms with E-state index in [9.17, 15) is 9.59 Å². The highest BCUT2D eigenvalue weighted by Gasteiger charge is 2.79. The number of anilines is 1. The minimum Gasteiger partial charge on any atom is -0.438 e. The molecule has 6 nitrogen and oxygen atoms in total. The first-order valence-corrected chi connectivity index (χ1v) is 10.1. The molecule has 1 spiro atoms. The molecule has 0 aliphatic carbocycles. The summed E-state index contributed by atoms with van der Waals surface area (Å²) >= 11 is 0. The lowest BCUT2D eigenvalue weighted by atomic mass is 9.74. The highest BCUT2D eigenvalue weighted by atomic mass is 16.8. The van der Waals surface area contributed by atoms with Crippen LogP contribution < -0.4 is 4.90 Å². The predicted octanol–water partition coefficient (Wildman–Crippen LogP) is 3.50. The van der Waals surface area contributed by atoms with Crippen LogP contribution in [-0.4, -0.2) is 23.8 Å². The molecular weight excluding hydrogens is 392 g/mol. The van der Waals surface area contributed by atoms with Crippen LogP contribution in [-0.2, 0) is 30.5 Å². The van der Waals surface area contributed by atoms with Crippen LogP contribution in [0, 0.1) is 0 Å². The van der Waals surface area contributed by atoms with Crippen molar-refractivity contribution in [3.05, 3.63) is 102 Å². The topological polar surface area (TPSA) is 68.2 Å². The molecule has 6 heteroatoms. The van der Waals surface area contributed by atoms with Crippen LogP contribution in [0.1, 0.15) is 23.6 Å². The molecule has 2 amide bonds. The Hall–Kier alpha value is -3.77.